The molecule has 0 spiro atoms. The standard InChI is InChI=1S/C20H15F3N4O2S/c1-11-3-5-12(6-4-11)27-17(20(21,22)23)14(10-24-27)18(28)26-19-25-15-8-7-13(29-2)9-16(15)30-19/h3-10H,1-2H3,(H,25,26,28). The normalized spacial score (nSPS) is 11.6. The minimum atomic E-state index is -4.78. The molecule has 0 atom stereocenters. The summed E-state index contributed by atoms with van der Waals surface area (Å²) < 4.78 is 48.0. The first kappa shape index (κ1) is 19.9. The zero-order valence-corrected chi connectivity index (χ0v) is 16.6. The predicted molar refractivity (Wildman–Crippen MR) is 107 cm³/mol. The Hall–Kier alpha value is -3.40. The van der Waals surface area contributed by atoms with Gasteiger partial charge in [0.2, 0.25) is 0 Å². The van der Waals surface area contributed by atoms with E-state index in [0.29, 0.717) is 11.3 Å². The van der Waals surface area contributed by atoms with Crippen molar-refractivity contribution < 1.29 is 22.7 Å². The fourth-order valence-electron chi connectivity index (χ4n) is 2.92. The number of hydrogen-bond acceptors (Lipinski definition) is 5. The molecule has 4 aromatic rings. The third-order valence-corrected chi connectivity index (χ3v) is 5.31. The van der Waals surface area contributed by atoms with E-state index in [-0.39, 0.29) is 10.8 Å². The molecule has 0 aliphatic rings. The summed E-state index contributed by atoms with van der Waals surface area (Å²) in [4.78, 5) is 16.9. The highest BCUT2D eigenvalue weighted by Gasteiger charge is 2.40. The largest absolute Gasteiger partial charge is 0.497 e. The van der Waals surface area contributed by atoms with Crippen LogP contribution in [0, 0.1) is 6.92 Å². The quantitative estimate of drug-likeness (QED) is 0.489. The lowest BCUT2D eigenvalue weighted by molar-refractivity contribution is -0.143. The molecule has 1 N–H and O–H groups in total. The Kier molecular flexibility index (Phi) is 4.94. The van der Waals surface area contributed by atoms with Crippen LogP contribution in [-0.4, -0.2) is 27.8 Å². The third kappa shape index (κ3) is 3.73. The van der Waals surface area contributed by atoms with E-state index in [1.165, 1.54) is 19.2 Å². The minimum Gasteiger partial charge on any atom is -0.497 e. The summed E-state index contributed by atoms with van der Waals surface area (Å²) in [6.45, 7) is 1.82. The van der Waals surface area contributed by atoms with Gasteiger partial charge >= 0.3 is 6.18 Å². The number of thiazole rings is 1. The molecule has 2 aromatic carbocycles. The van der Waals surface area contributed by atoms with Crippen LogP contribution in [0.5, 0.6) is 5.75 Å². The smallest absolute Gasteiger partial charge is 0.434 e. The number of rotatable bonds is 4. The molecule has 0 unspecified atom stereocenters. The van der Waals surface area contributed by atoms with Crippen molar-refractivity contribution in [2.75, 3.05) is 12.4 Å². The van der Waals surface area contributed by atoms with Crippen LogP contribution in [0.25, 0.3) is 15.9 Å². The Morgan fingerprint density at radius 3 is 2.57 bits per heavy atom. The second kappa shape index (κ2) is 7.45. The molecular weight excluding hydrogens is 417 g/mol. The minimum absolute atomic E-state index is 0.180. The number of carbonyl (C=O) groups is 1. The van der Waals surface area contributed by atoms with Crippen LogP contribution >= 0.6 is 11.3 Å². The second-order valence-electron chi connectivity index (χ2n) is 6.46. The van der Waals surface area contributed by atoms with E-state index in [4.69, 9.17) is 4.74 Å². The third-order valence-electron chi connectivity index (χ3n) is 4.38. The Bertz CT molecular complexity index is 1230. The molecular formula is C20H15F3N4O2S. The molecule has 30 heavy (non-hydrogen) atoms. The van der Waals surface area contributed by atoms with E-state index in [9.17, 15) is 18.0 Å². The van der Waals surface area contributed by atoms with E-state index >= 15 is 0 Å². The summed E-state index contributed by atoms with van der Waals surface area (Å²) in [5.41, 5.74) is -0.0296. The number of methoxy groups -OCH3 is 1. The van der Waals surface area contributed by atoms with Gasteiger partial charge in [-0.25, -0.2) is 9.67 Å². The van der Waals surface area contributed by atoms with Gasteiger partial charge in [-0.1, -0.05) is 29.0 Å². The van der Waals surface area contributed by atoms with Crippen molar-refractivity contribution in [2.45, 2.75) is 13.1 Å². The summed E-state index contributed by atoms with van der Waals surface area (Å²) in [6.07, 6.45) is -3.87. The summed E-state index contributed by atoms with van der Waals surface area (Å²) in [5.74, 6) is -0.325. The number of anilines is 1. The molecule has 0 radical (unpaired) electrons. The first-order valence-corrected chi connectivity index (χ1v) is 9.56. The van der Waals surface area contributed by atoms with Crippen molar-refractivity contribution >= 4 is 32.6 Å². The lowest BCUT2D eigenvalue weighted by atomic mass is 10.2. The Morgan fingerprint density at radius 1 is 1.17 bits per heavy atom. The SMILES string of the molecule is COc1ccc2nc(NC(=O)c3cnn(-c4ccc(C)cc4)c3C(F)(F)F)sc2c1. The molecule has 0 fully saturated rings. The Balaban J connectivity index is 1.69. The molecule has 0 saturated carbocycles. The van der Waals surface area contributed by atoms with Crippen LogP contribution in [0.2, 0.25) is 0 Å². The van der Waals surface area contributed by atoms with Gasteiger partial charge in [-0.15, -0.1) is 0 Å². The molecule has 0 aliphatic heterocycles. The van der Waals surface area contributed by atoms with Crippen molar-refractivity contribution in [3.05, 3.63) is 65.5 Å². The van der Waals surface area contributed by atoms with Gasteiger partial charge in [-0.2, -0.15) is 18.3 Å². The van der Waals surface area contributed by atoms with E-state index < -0.39 is 23.3 Å². The predicted octanol–water partition coefficient (Wildman–Crippen LogP) is 5.07. The van der Waals surface area contributed by atoms with Gasteiger partial charge in [-0.3, -0.25) is 10.1 Å². The molecule has 2 heterocycles. The second-order valence-corrected chi connectivity index (χ2v) is 7.49. The highest BCUT2D eigenvalue weighted by Crippen LogP contribution is 2.35. The van der Waals surface area contributed by atoms with Gasteiger partial charge in [-0.05, 0) is 37.3 Å². The average molecular weight is 432 g/mol. The van der Waals surface area contributed by atoms with Crippen LogP contribution in [0.3, 0.4) is 0 Å². The average Bonchev–Trinajstić information content (AvgIpc) is 3.31. The van der Waals surface area contributed by atoms with Crippen molar-refractivity contribution in [1.82, 2.24) is 14.8 Å². The number of ether oxygens (including phenoxy) is 1. The van der Waals surface area contributed by atoms with Gasteiger partial charge in [0.05, 0.1) is 34.8 Å². The van der Waals surface area contributed by atoms with Crippen LogP contribution in [-0.2, 0) is 6.18 Å². The number of benzene rings is 2. The molecule has 0 aliphatic carbocycles. The lowest BCUT2D eigenvalue weighted by Crippen LogP contribution is -2.20. The monoisotopic (exact) mass is 432 g/mol. The number of carbonyl (C=O) groups excluding carboxylic acids is 1. The van der Waals surface area contributed by atoms with Crippen LogP contribution < -0.4 is 10.1 Å². The number of amides is 1. The molecule has 154 valence electrons. The number of hydrogen-bond donors (Lipinski definition) is 1. The zero-order valence-electron chi connectivity index (χ0n) is 15.8. The number of aryl methyl sites for hydroxylation is 1. The molecule has 4 rings (SSSR count). The van der Waals surface area contributed by atoms with Crippen molar-refractivity contribution in [1.29, 1.82) is 0 Å². The molecule has 0 bridgehead atoms. The molecule has 0 saturated heterocycles. The Labute approximate surface area is 172 Å². The molecule has 6 nitrogen and oxygen atoms in total. The fraction of sp³-hybridized carbons (Fsp3) is 0.150. The highest BCUT2D eigenvalue weighted by atomic mass is 32.1. The number of halogens is 3. The van der Waals surface area contributed by atoms with E-state index in [1.54, 1.807) is 30.3 Å². The van der Waals surface area contributed by atoms with E-state index in [0.717, 1.165) is 32.5 Å². The van der Waals surface area contributed by atoms with Crippen LogP contribution in [0.1, 0.15) is 21.6 Å². The van der Waals surface area contributed by atoms with E-state index in [1.807, 2.05) is 6.92 Å². The summed E-state index contributed by atoms with van der Waals surface area (Å²) in [6, 6.07) is 11.5. The summed E-state index contributed by atoms with van der Waals surface area (Å²) in [7, 11) is 1.52. The highest BCUT2D eigenvalue weighted by molar-refractivity contribution is 7.22. The van der Waals surface area contributed by atoms with E-state index in [2.05, 4.69) is 15.4 Å². The van der Waals surface area contributed by atoms with Gasteiger partial charge in [0.15, 0.2) is 10.8 Å². The Morgan fingerprint density at radius 2 is 1.90 bits per heavy atom. The number of fused-ring (bicyclic) bond motifs is 1. The van der Waals surface area contributed by atoms with Crippen molar-refractivity contribution in [3.63, 3.8) is 0 Å². The fourth-order valence-corrected chi connectivity index (χ4v) is 3.81. The molecule has 10 heteroatoms. The topological polar surface area (TPSA) is 69.0 Å². The summed E-state index contributed by atoms with van der Waals surface area (Å²) >= 11 is 1.14. The number of aromatic nitrogens is 3. The molecule has 1 amide bonds. The first-order valence-electron chi connectivity index (χ1n) is 8.74. The van der Waals surface area contributed by atoms with Crippen LogP contribution in [0.4, 0.5) is 18.3 Å². The number of nitrogens with one attached hydrogen (secondary N) is 1. The maximum Gasteiger partial charge on any atom is 0.434 e. The van der Waals surface area contributed by atoms with Gasteiger partial charge in [0.1, 0.15) is 5.75 Å². The lowest BCUT2D eigenvalue weighted by Gasteiger charge is -2.12. The maximum absolute atomic E-state index is 13.8. The van der Waals surface area contributed by atoms with Crippen molar-refractivity contribution in [3.8, 4) is 11.4 Å². The first-order chi connectivity index (χ1) is 14.3. The van der Waals surface area contributed by atoms with Gasteiger partial charge in [0.25, 0.3) is 5.91 Å². The number of nitrogens with zero attached hydrogens (tertiary/aromatic N) is 3. The van der Waals surface area contributed by atoms with Gasteiger partial charge < -0.3 is 4.74 Å². The van der Waals surface area contributed by atoms with Crippen molar-refractivity contribution in [2.24, 2.45) is 0 Å². The maximum atomic E-state index is 13.8. The van der Waals surface area contributed by atoms with Gasteiger partial charge in [0, 0.05) is 0 Å². The zero-order chi connectivity index (χ0) is 21.5. The van der Waals surface area contributed by atoms with Crippen LogP contribution in [0.15, 0.2) is 48.7 Å². The number of alkyl halides is 3. The molecule has 2 aromatic heterocycles. The summed E-state index contributed by atoms with van der Waals surface area (Å²) in [5, 5.41) is 6.44.